The van der Waals surface area contributed by atoms with Gasteiger partial charge in [-0.15, -0.1) is 0 Å². The highest BCUT2D eigenvalue weighted by molar-refractivity contribution is 5.67. The maximum atomic E-state index is 11.9. The number of hydrogen-bond donors (Lipinski definition) is 1. The Hall–Kier alpha value is -2.36. The lowest BCUT2D eigenvalue weighted by Gasteiger charge is -2.01. The maximum absolute atomic E-state index is 11.9. The second kappa shape index (κ2) is 5.10. The largest absolute Gasteiger partial charge is 0.508 e. The van der Waals surface area contributed by atoms with Crippen molar-refractivity contribution < 1.29 is 9.67 Å². The molecule has 19 heavy (non-hydrogen) atoms. The van der Waals surface area contributed by atoms with Gasteiger partial charge in [-0.2, -0.15) is 13.9 Å². The molecule has 0 fully saturated rings. The number of hydrogen-bond acceptors (Lipinski definition) is 2. The van der Waals surface area contributed by atoms with E-state index < -0.39 is 0 Å². The Kier molecular flexibility index (Phi) is 3.51. The number of phenolic OH excluding ortho intramolecular Hbond substituents is 1. The van der Waals surface area contributed by atoms with Gasteiger partial charge in [0.1, 0.15) is 17.1 Å². The zero-order chi connectivity index (χ0) is 14.0. The van der Waals surface area contributed by atoms with Gasteiger partial charge in [0.2, 0.25) is 0 Å². The van der Waals surface area contributed by atoms with Crippen LogP contribution < -0.4 is 10.3 Å². The summed E-state index contributed by atoms with van der Waals surface area (Å²) in [6.45, 7) is 1.90. The van der Waals surface area contributed by atoms with Crippen molar-refractivity contribution in [2.75, 3.05) is 0 Å². The summed E-state index contributed by atoms with van der Waals surface area (Å²) in [4.78, 5) is 11.9. The summed E-state index contributed by atoms with van der Waals surface area (Å²) in [6.07, 6.45) is 3.80. The normalized spacial score (nSPS) is 11.1. The topological polar surface area (TPSA) is 46.1 Å². The molecule has 0 amide bonds. The molecule has 0 saturated heterocycles. The van der Waals surface area contributed by atoms with Crippen molar-refractivity contribution in [1.29, 1.82) is 0 Å². The van der Waals surface area contributed by atoms with Crippen LogP contribution in [0, 0.1) is 6.92 Å². The first-order valence-corrected chi connectivity index (χ1v) is 6.03. The molecule has 1 aromatic heterocycles. The molecule has 0 aliphatic rings. The summed E-state index contributed by atoms with van der Waals surface area (Å²) in [5, 5.41) is 9.22. The lowest BCUT2D eigenvalue weighted by molar-refractivity contribution is -0.692. The SMILES string of the molecule is Cc1cc(/C=C/c2ccc(O)cc2)[n+](C)c(=O)n1C. The van der Waals surface area contributed by atoms with Gasteiger partial charge in [-0.1, -0.05) is 18.2 Å². The van der Waals surface area contributed by atoms with Crippen molar-refractivity contribution in [2.24, 2.45) is 14.1 Å². The van der Waals surface area contributed by atoms with E-state index in [0.29, 0.717) is 0 Å². The molecule has 0 aliphatic heterocycles. The number of rotatable bonds is 2. The lowest BCUT2D eigenvalue weighted by atomic mass is 10.2. The summed E-state index contributed by atoms with van der Waals surface area (Å²) in [6, 6.07) is 8.86. The summed E-state index contributed by atoms with van der Waals surface area (Å²) >= 11 is 0. The monoisotopic (exact) mass is 257 g/mol. The van der Waals surface area contributed by atoms with Gasteiger partial charge in [0, 0.05) is 6.07 Å². The third kappa shape index (κ3) is 2.73. The van der Waals surface area contributed by atoms with Gasteiger partial charge < -0.3 is 5.11 Å². The molecule has 2 aromatic rings. The highest BCUT2D eigenvalue weighted by atomic mass is 16.3. The fourth-order valence-corrected chi connectivity index (χ4v) is 1.82. The third-order valence-electron chi connectivity index (χ3n) is 3.19. The molecule has 0 atom stereocenters. The summed E-state index contributed by atoms with van der Waals surface area (Å²) < 4.78 is 3.21. The number of aromatic hydroxyl groups is 1. The molecule has 0 aliphatic carbocycles. The van der Waals surface area contributed by atoms with E-state index in [1.165, 1.54) is 0 Å². The third-order valence-corrected chi connectivity index (χ3v) is 3.19. The summed E-state index contributed by atoms with van der Waals surface area (Å²) in [5.74, 6) is 0.243. The van der Waals surface area contributed by atoms with Crippen LogP contribution in [-0.2, 0) is 14.1 Å². The zero-order valence-corrected chi connectivity index (χ0v) is 11.3. The molecule has 1 N–H and O–H groups in total. The standard InChI is InChI=1S/C15H16N2O2/c1-11-10-13(17(3)15(19)16(11)2)7-4-12-5-8-14(18)9-6-12/h4-10H,1-3H3/p+1. The van der Waals surface area contributed by atoms with Crippen LogP contribution in [0.5, 0.6) is 5.75 Å². The Morgan fingerprint density at radius 2 is 1.84 bits per heavy atom. The zero-order valence-electron chi connectivity index (χ0n) is 11.3. The molecule has 4 nitrogen and oxygen atoms in total. The van der Waals surface area contributed by atoms with Crippen molar-refractivity contribution in [3.63, 3.8) is 0 Å². The Bertz CT molecular complexity index is 683. The van der Waals surface area contributed by atoms with Crippen molar-refractivity contribution in [1.82, 2.24) is 4.57 Å². The van der Waals surface area contributed by atoms with E-state index in [1.54, 1.807) is 35.4 Å². The van der Waals surface area contributed by atoms with Crippen LogP contribution in [0.25, 0.3) is 12.2 Å². The van der Waals surface area contributed by atoms with Gasteiger partial charge in [-0.05, 0) is 30.7 Å². The van der Waals surface area contributed by atoms with E-state index >= 15 is 0 Å². The molecule has 98 valence electrons. The molecular weight excluding hydrogens is 240 g/mol. The van der Waals surface area contributed by atoms with Crippen LogP contribution in [0.3, 0.4) is 0 Å². The van der Waals surface area contributed by atoms with E-state index in [0.717, 1.165) is 17.0 Å². The van der Waals surface area contributed by atoms with Crippen LogP contribution in [0.4, 0.5) is 0 Å². The van der Waals surface area contributed by atoms with E-state index in [2.05, 4.69) is 0 Å². The van der Waals surface area contributed by atoms with Crippen LogP contribution >= 0.6 is 0 Å². The Morgan fingerprint density at radius 1 is 1.21 bits per heavy atom. The first-order chi connectivity index (χ1) is 8.99. The minimum absolute atomic E-state index is 0.0506. The first kappa shape index (κ1) is 13.1. The fourth-order valence-electron chi connectivity index (χ4n) is 1.82. The second-order valence-corrected chi connectivity index (χ2v) is 4.54. The van der Waals surface area contributed by atoms with Crippen LogP contribution in [0.15, 0.2) is 35.1 Å². The number of aromatic nitrogens is 2. The molecule has 4 heteroatoms. The molecule has 0 radical (unpaired) electrons. The molecule has 0 spiro atoms. The molecule has 2 rings (SSSR count). The van der Waals surface area contributed by atoms with E-state index in [4.69, 9.17) is 0 Å². The van der Waals surface area contributed by atoms with E-state index in [1.807, 2.05) is 37.3 Å². The quantitative estimate of drug-likeness (QED) is 0.826. The molecular formula is C15H17N2O2+. The smallest absolute Gasteiger partial charge is 0.498 e. The average molecular weight is 257 g/mol. The van der Waals surface area contributed by atoms with E-state index in [-0.39, 0.29) is 11.4 Å². The van der Waals surface area contributed by atoms with Gasteiger partial charge in [0.05, 0.1) is 14.1 Å². The van der Waals surface area contributed by atoms with Crippen LogP contribution in [-0.4, -0.2) is 9.67 Å². The number of aryl methyl sites for hydroxylation is 1. The van der Waals surface area contributed by atoms with Crippen molar-refractivity contribution >= 4 is 12.2 Å². The average Bonchev–Trinajstić information content (AvgIpc) is 2.41. The highest BCUT2D eigenvalue weighted by Crippen LogP contribution is 2.11. The lowest BCUT2D eigenvalue weighted by Crippen LogP contribution is -2.53. The van der Waals surface area contributed by atoms with Gasteiger partial charge in [-0.3, -0.25) is 0 Å². The van der Waals surface area contributed by atoms with Gasteiger partial charge in [0.15, 0.2) is 0 Å². The number of phenols is 1. The minimum atomic E-state index is -0.0506. The number of nitrogens with zero attached hydrogens (tertiary/aromatic N) is 2. The Morgan fingerprint density at radius 3 is 2.47 bits per heavy atom. The summed E-state index contributed by atoms with van der Waals surface area (Å²) in [7, 11) is 3.50. The van der Waals surface area contributed by atoms with Gasteiger partial charge in [-0.25, -0.2) is 0 Å². The molecule has 0 bridgehead atoms. The predicted octanol–water partition coefficient (Wildman–Crippen LogP) is 1.39. The molecule has 0 unspecified atom stereocenters. The van der Waals surface area contributed by atoms with Crippen LogP contribution in [0.1, 0.15) is 17.0 Å². The fraction of sp³-hybridized carbons (Fsp3) is 0.200. The predicted molar refractivity (Wildman–Crippen MR) is 74.6 cm³/mol. The Balaban J connectivity index is 2.39. The summed E-state index contributed by atoms with van der Waals surface area (Å²) in [5.41, 5.74) is 2.67. The highest BCUT2D eigenvalue weighted by Gasteiger charge is 2.11. The minimum Gasteiger partial charge on any atom is -0.508 e. The van der Waals surface area contributed by atoms with Crippen molar-refractivity contribution in [3.8, 4) is 5.75 Å². The van der Waals surface area contributed by atoms with Crippen LogP contribution in [0.2, 0.25) is 0 Å². The van der Waals surface area contributed by atoms with Gasteiger partial charge >= 0.3 is 5.69 Å². The molecule has 1 heterocycles. The Labute approximate surface area is 111 Å². The second-order valence-electron chi connectivity index (χ2n) is 4.54. The number of benzene rings is 1. The van der Waals surface area contributed by atoms with E-state index in [9.17, 15) is 9.90 Å². The molecule has 0 saturated carbocycles. The first-order valence-electron chi connectivity index (χ1n) is 6.03. The molecule has 1 aromatic carbocycles. The maximum Gasteiger partial charge on any atom is 0.498 e. The van der Waals surface area contributed by atoms with Crippen molar-refractivity contribution in [3.05, 3.63) is 57.8 Å². The van der Waals surface area contributed by atoms with Gasteiger partial charge in [0.25, 0.3) is 0 Å². The van der Waals surface area contributed by atoms with Crippen molar-refractivity contribution in [2.45, 2.75) is 6.92 Å².